The van der Waals surface area contributed by atoms with Gasteiger partial charge in [-0.1, -0.05) is 38.5 Å². The van der Waals surface area contributed by atoms with Gasteiger partial charge in [0.05, 0.1) is 0 Å². The largest absolute Gasteiger partial charge is 0.316 e. The van der Waals surface area contributed by atoms with Crippen molar-refractivity contribution in [3.8, 4) is 0 Å². The summed E-state index contributed by atoms with van der Waals surface area (Å²) in [4.78, 5) is 0. The second kappa shape index (κ2) is 7.69. The van der Waals surface area contributed by atoms with E-state index in [2.05, 4.69) is 59.0 Å². The highest BCUT2D eigenvalue weighted by Crippen LogP contribution is 2.23. The van der Waals surface area contributed by atoms with Crippen LogP contribution in [0, 0.1) is 32.6 Å². The van der Waals surface area contributed by atoms with Crippen LogP contribution in [0.5, 0.6) is 0 Å². The fourth-order valence-electron chi connectivity index (χ4n) is 2.76. The average Bonchev–Trinajstić information content (AvgIpc) is 2.33. The van der Waals surface area contributed by atoms with E-state index in [4.69, 9.17) is 0 Å². The van der Waals surface area contributed by atoms with E-state index in [0.29, 0.717) is 0 Å². The zero-order chi connectivity index (χ0) is 14.4. The number of hydrogen-bond donors (Lipinski definition) is 1. The average molecular weight is 261 g/mol. The third kappa shape index (κ3) is 4.99. The molecule has 1 nitrogen and oxygen atoms in total. The highest BCUT2D eigenvalue weighted by atomic mass is 14.8. The van der Waals surface area contributed by atoms with Gasteiger partial charge in [-0.25, -0.2) is 0 Å². The van der Waals surface area contributed by atoms with Gasteiger partial charge in [0, 0.05) is 0 Å². The molecule has 0 spiro atoms. The molecule has 0 saturated carbocycles. The van der Waals surface area contributed by atoms with Crippen LogP contribution in [0.4, 0.5) is 0 Å². The van der Waals surface area contributed by atoms with Crippen molar-refractivity contribution in [1.29, 1.82) is 0 Å². The molecule has 0 radical (unpaired) electrons. The molecule has 1 heteroatoms. The lowest BCUT2D eigenvalue weighted by Crippen LogP contribution is -2.27. The molecule has 0 heterocycles. The fourth-order valence-corrected chi connectivity index (χ4v) is 2.76. The van der Waals surface area contributed by atoms with Crippen LogP contribution in [0.15, 0.2) is 12.1 Å². The summed E-state index contributed by atoms with van der Waals surface area (Å²) in [6, 6.07) is 4.63. The van der Waals surface area contributed by atoms with Gasteiger partial charge < -0.3 is 5.32 Å². The maximum Gasteiger partial charge on any atom is -0.00205 e. The summed E-state index contributed by atoms with van der Waals surface area (Å²) in [5, 5.41) is 3.54. The lowest BCUT2D eigenvalue weighted by atomic mass is 9.86. The lowest BCUT2D eigenvalue weighted by Gasteiger charge is -2.22. The molecule has 0 aliphatic rings. The van der Waals surface area contributed by atoms with Crippen LogP contribution in [-0.2, 0) is 6.42 Å². The second-order valence-electron chi connectivity index (χ2n) is 6.24. The summed E-state index contributed by atoms with van der Waals surface area (Å²) in [6.07, 6.45) is 2.42. The van der Waals surface area contributed by atoms with Gasteiger partial charge in [0.15, 0.2) is 0 Å². The van der Waals surface area contributed by atoms with Crippen LogP contribution in [-0.4, -0.2) is 13.1 Å². The van der Waals surface area contributed by atoms with Crippen LogP contribution < -0.4 is 5.32 Å². The van der Waals surface area contributed by atoms with Crippen molar-refractivity contribution in [2.75, 3.05) is 13.1 Å². The Kier molecular flexibility index (Phi) is 6.57. The first kappa shape index (κ1) is 16.2. The van der Waals surface area contributed by atoms with Gasteiger partial charge in [-0.15, -0.1) is 0 Å². The van der Waals surface area contributed by atoms with Gasteiger partial charge in [-0.2, -0.15) is 0 Å². The van der Waals surface area contributed by atoms with E-state index in [9.17, 15) is 0 Å². The molecule has 1 rings (SSSR count). The van der Waals surface area contributed by atoms with Crippen LogP contribution >= 0.6 is 0 Å². The molecule has 1 aromatic rings. The van der Waals surface area contributed by atoms with Crippen LogP contribution in [0.3, 0.4) is 0 Å². The van der Waals surface area contributed by atoms with Crippen molar-refractivity contribution in [1.82, 2.24) is 5.32 Å². The van der Waals surface area contributed by atoms with Crippen molar-refractivity contribution in [2.45, 2.75) is 54.4 Å². The molecule has 0 amide bonds. The van der Waals surface area contributed by atoms with Crippen LogP contribution in [0.2, 0.25) is 0 Å². The lowest BCUT2D eigenvalue weighted by molar-refractivity contribution is 0.364. The van der Waals surface area contributed by atoms with Gasteiger partial charge in [0.2, 0.25) is 0 Å². The topological polar surface area (TPSA) is 12.0 Å². The van der Waals surface area contributed by atoms with Crippen molar-refractivity contribution in [3.63, 3.8) is 0 Å². The second-order valence-corrected chi connectivity index (χ2v) is 6.24. The van der Waals surface area contributed by atoms with Gasteiger partial charge in [0.25, 0.3) is 0 Å². The quantitative estimate of drug-likeness (QED) is 0.716. The Bertz CT molecular complexity index is 372. The summed E-state index contributed by atoms with van der Waals surface area (Å²) in [7, 11) is 0. The van der Waals surface area contributed by atoms with E-state index in [1.54, 1.807) is 5.56 Å². The zero-order valence-electron chi connectivity index (χ0n) is 13.6. The highest BCUT2D eigenvalue weighted by molar-refractivity contribution is 5.37. The monoisotopic (exact) mass is 261 g/mol. The smallest absolute Gasteiger partial charge is 0.00205 e. The van der Waals surface area contributed by atoms with E-state index in [1.165, 1.54) is 29.5 Å². The molecule has 1 aromatic carbocycles. The summed E-state index contributed by atoms with van der Waals surface area (Å²) in [5.41, 5.74) is 5.85. The Labute approximate surface area is 119 Å². The number of benzene rings is 1. The fraction of sp³-hybridized carbons (Fsp3) is 0.667. The number of nitrogens with one attached hydrogen (secondary N) is 1. The molecule has 0 aliphatic carbocycles. The molecule has 0 saturated heterocycles. The third-order valence-corrected chi connectivity index (χ3v) is 4.23. The molecule has 1 N–H and O–H groups in total. The van der Waals surface area contributed by atoms with E-state index in [0.717, 1.165) is 24.9 Å². The predicted molar refractivity (Wildman–Crippen MR) is 85.8 cm³/mol. The highest BCUT2D eigenvalue weighted by Gasteiger charge is 2.15. The van der Waals surface area contributed by atoms with Crippen molar-refractivity contribution in [3.05, 3.63) is 34.4 Å². The van der Waals surface area contributed by atoms with Crippen LogP contribution in [0.25, 0.3) is 0 Å². The Morgan fingerprint density at radius 2 is 1.58 bits per heavy atom. The molecule has 2 unspecified atom stereocenters. The Hall–Kier alpha value is -0.820. The third-order valence-electron chi connectivity index (χ3n) is 4.23. The first-order valence-corrected chi connectivity index (χ1v) is 7.73. The first-order chi connectivity index (χ1) is 8.95. The number of hydrogen-bond acceptors (Lipinski definition) is 1. The molecule has 19 heavy (non-hydrogen) atoms. The van der Waals surface area contributed by atoms with Crippen molar-refractivity contribution >= 4 is 0 Å². The maximum atomic E-state index is 3.54. The molecule has 108 valence electrons. The Morgan fingerprint density at radius 1 is 1.00 bits per heavy atom. The number of rotatable bonds is 7. The summed E-state index contributed by atoms with van der Waals surface area (Å²) >= 11 is 0. The van der Waals surface area contributed by atoms with Crippen LogP contribution in [0.1, 0.15) is 49.4 Å². The van der Waals surface area contributed by atoms with Gasteiger partial charge in [-0.05, 0) is 75.2 Å². The van der Waals surface area contributed by atoms with Gasteiger partial charge in [-0.3, -0.25) is 0 Å². The normalized spacial score (nSPS) is 14.4. The van der Waals surface area contributed by atoms with Gasteiger partial charge >= 0.3 is 0 Å². The molecule has 0 aliphatic heterocycles. The van der Waals surface area contributed by atoms with E-state index in [1.807, 2.05) is 0 Å². The van der Waals surface area contributed by atoms with E-state index < -0.39 is 0 Å². The van der Waals surface area contributed by atoms with Gasteiger partial charge in [0.1, 0.15) is 0 Å². The van der Waals surface area contributed by atoms with E-state index >= 15 is 0 Å². The summed E-state index contributed by atoms with van der Waals surface area (Å²) in [6.45, 7) is 15.9. The molecule has 2 atom stereocenters. The minimum Gasteiger partial charge on any atom is -0.316 e. The van der Waals surface area contributed by atoms with Crippen molar-refractivity contribution in [2.24, 2.45) is 11.8 Å². The molecule has 0 bridgehead atoms. The Balaban J connectivity index is 2.63. The maximum absolute atomic E-state index is 3.54. The number of aryl methyl sites for hydroxylation is 3. The zero-order valence-corrected chi connectivity index (χ0v) is 13.6. The molecular formula is C18H31N. The minimum absolute atomic E-state index is 0.726. The molecule has 0 fully saturated rings. The first-order valence-electron chi connectivity index (χ1n) is 7.73. The Morgan fingerprint density at radius 3 is 2.11 bits per heavy atom. The standard InChI is InChI=1S/C18H31N/c1-7-8-19-12-17(6)14(3)11-18-15(4)9-13(2)10-16(18)5/h9-10,14,17,19H,7-8,11-12H2,1-6H3. The summed E-state index contributed by atoms with van der Waals surface area (Å²) in [5.74, 6) is 1.45. The molecular weight excluding hydrogens is 230 g/mol. The SMILES string of the molecule is CCCNCC(C)C(C)Cc1c(C)cc(C)cc1C. The van der Waals surface area contributed by atoms with Crippen molar-refractivity contribution < 1.29 is 0 Å². The molecule has 0 aromatic heterocycles. The minimum atomic E-state index is 0.726. The van der Waals surface area contributed by atoms with E-state index in [-0.39, 0.29) is 0 Å². The summed E-state index contributed by atoms with van der Waals surface area (Å²) < 4.78 is 0. The predicted octanol–water partition coefficient (Wildman–Crippen LogP) is 4.43.